The molecule has 46 heavy (non-hydrogen) atoms. The zero-order valence-corrected chi connectivity index (χ0v) is 25.5. The average Bonchev–Trinajstić information content (AvgIpc) is 3.50. The van der Waals surface area contributed by atoms with Crippen LogP contribution >= 0.6 is 0 Å². The Morgan fingerprint density at radius 3 is 1.20 bits per heavy atom. The van der Waals surface area contributed by atoms with Crippen LogP contribution in [0.2, 0.25) is 0 Å². The van der Waals surface area contributed by atoms with Gasteiger partial charge >= 0.3 is 47.8 Å². The Hall–Kier alpha value is -4.44. The number of nitrogens with two attached hydrogens (primary N) is 4. The Bertz CT molecular complexity index is 940. The fourth-order valence-electron chi connectivity index (χ4n) is 2.47. The Morgan fingerprint density at radius 2 is 1.04 bits per heavy atom. The molecule has 1 aliphatic heterocycles. The van der Waals surface area contributed by atoms with Gasteiger partial charge in [0, 0.05) is 12.8 Å². The highest BCUT2D eigenvalue weighted by atomic mass is 16.4. The van der Waals surface area contributed by atoms with E-state index in [0.717, 1.165) is 25.8 Å². The zero-order chi connectivity index (χ0) is 37.2. The van der Waals surface area contributed by atoms with Crippen LogP contribution < -0.4 is 28.3 Å². The third kappa shape index (κ3) is 32.5. The summed E-state index contributed by atoms with van der Waals surface area (Å²) >= 11 is 0. The SMILES string of the molecule is CCC(C)C(N)C(=O)O.NC(CC(=O)O)C(=O)O.NC(CCC(=O)O)C(=O)O.NC(CCC(=O)O)C(=O)O.O=C(O)[C@@H]1CCCN1. The van der Waals surface area contributed by atoms with Gasteiger partial charge in [-0.15, -0.1) is 0 Å². The molecule has 21 heteroatoms. The lowest BCUT2D eigenvalue weighted by Crippen LogP contribution is -2.36. The number of rotatable bonds is 15. The molecule has 17 N–H and O–H groups in total. The van der Waals surface area contributed by atoms with Crippen molar-refractivity contribution < 1.29 is 79.2 Å². The van der Waals surface area contributed by atoms with Gasteiger partial charge in [-0.2, -0.15) is 0 Å². The monoisotopic (exact) mass is 673 g/mol. The first-order valence-electron chi connectivity index (χ1n) is 13.6. The number of carboxylic acid groups (broad SMARTS) is 8. The summed E-state index contributed by atoms with van der Waals surface area (Å²) in [4.78, 5) is 79.7. The van der Waals surface area contributed by atoms with E-state index in [4.69, 9.17) is 63.8 Å². The number of nitrogens with one attached hydrogen (secondary N) is 1. The zero-order valence-electron chi connectivity index (χ0n) is 25.5. The first kappa shape index (κ1) is 48.5. The highest BCUT2D eigenvalue weighted by molar-refractivity contribution is 5.80. The van der Waals surface area contributed by atoms with Crippen molar-refractivity contribution >= 4 is 47.8 Å². The summed E-state index contributed by atoms with van der Waals surface area (Å²) < 4.78 is 0. The fourth-order valence-corrected chi connectivity index (χ4v) is 2.47. The van der Waals surface area contributed by atoms with Crippen LogP contribution in [-0.2, 0) is 38.4 Å². The number of aliphatic carboxylic acids is 8. The summed E-state index contributed by atoms with van der Waals surface area (Å²) in [6.45, 7) is 4.61. The molecule has 1 saturated heterocycles. The molecule has 0 amide bonds. The summed E-state index contributed by atoms with van der Waals surface area (Å²) in [6.07, 6.45) is 1.62. The Kier molecular flexibility index (Phi) is 29.6. The molecule has 21 nitrogen and oxygen atoms in total. The molecule has 1 heterocycles. The van der Waals surface area contributed by atoms with Gasteiger partial charge in [0.05, 0.1) is 6.42 Å². The van der Waals surface area contributed by atoms with E-state index in [1.807, 2.05) is 13.8 Å². The van der Waals surface area contributed by atoms with Gasteiger partial charge in [0.15, 0.2) is 0 Å². The molecule has 268 valence electrons. The van der Waals surface area contributed by atoms with Crippen LogP contribution in [0.25, 0.3) is 0 Å². The van der Waals surface area contributed by atoms with E-state index in [2.05, 4.69) is 5.32 Å². The molecule has 1 fully saturated rings. The van der Waals surface area contributed by atoms with Gasteiger partial charge in [-0.25, -0.2) is 0 Å². The Labute approximate surface area is 263 Å². The van der Waals surface area contributed by atoms with Crippen LogP contribution in [0.5, 0.6) is 0 Å². The molecule has 0 aromatic carbocycles. The topological polar surface area (TPSA) is 415 Å². The highest BCUT2D eigenvalue weighted by Crippen LogP contribution is 2.04. The molecule has 0 aliphatic carbocycles. The normalized spacial score (nSPS) is 16.1. The predicted octanol–water partition coefficient (Wildman–Crippen LogP) is -2.33. The smallest absolute Gasteiger partial charge is 0.321 e. The number of carboxylic acids is 8. The molecule has 0 spiro atoms. The number of hydrogen-bond acceptors (Lipinski definition) is 13. The largest absolute Gasteiger partial charge is 0.481 e. The van der Waals surface area contributed by atoms with E-state index in [9.17, 15) is 38.4 Å². The van der Waals surface area contributed by atoms with Crippen molar-refractivity contribution in [3.8, 4) is 0 Å². The predicted molar refractivity (Wildman–Crippen MR) is 157 cm³/mol. The number of carbonyl (C=O) groups is 8. The maximum absolute atomic E-state index is 10.2. The van der Waals surface area contributed by atoms with Crippen molar-refractivity contribution in [3.05, 3.63) is 0 Å². The molecule has 6 atom stereocenters. The van der Waals surface area contributed by atoms with Gasteiger partial charge < -0.3 is 69.1 Å². The van der Waals surface area contributed by atoms with E-state index in [-0.39, 0.29) is 37.6 Å². The van der Waals surface area contributed by atoms with Crippen LogP contribution in [0.1, 0.15) is 65.2 Å². The van der Waals surface area contributed by atoms with E-state index >= 15 is 0 Å². The van der Waals surface area contributed by atoms with Gasteiger partial charge in [0.2, 0.25) is 0 Å². The number of hydrogen-bond donors (Lipinski definition) is 13. The molecule has 0 radical (unpaired) electrons. The highest BCUT2D eigenvalue weighted by Gasteiger charge is 2.20. The molecule has 0 aromatic heterocycles. The molecule has 1 aliphatic rings. The summed E-state index contributed by atoms with van der Waals surface area (Å²) in [6, 6.07) is -4.38. The minimum absolute atomic E-state index is 0.0231. The Balaban J connectivity index is -0.000000240. The van der Waals surface area contributed by atoms with Crippen molar-refractivity contribution in [1.82, 2.24) is 5.32 Å². The second-order valence-corrected chi connectivity index (χ2v) is 9.53. The maximum atomic E-state index is 10.2. The summed E-state index contributed by atoms with van der Waals surface area (Å²) in [5, 5.41) is 68.1. The van der Waals surface area contributed by atoms with Crippen LogP contribution in [0, 0.1) is 5.92 Å². The van der Waals surface area contributed by atoms with Crippen molar-refractivity contribution in [3.63, 3.8) is 0 Å². The second-order valence-electron chi connectivity index (χ2n) is 9.53. The van der Waals surface area contributed by atoms with Gasteiger partial charge in [-0.3, -0.25) is 38.4 Å². The second kappa shape index (κ2) is 28.1. The fraction of sp³-hybridized carbons (Fsp3) is 0.680. The summed E-state index contributed by atoms with van der Waals surface area (Å²) in [5.41, 5.74) is 20.1. The van der Waals surface area contributed by atoms with Crippen molar-refractivity contribution in [1.29, 1.82) is 0 Å². The lowest BCUT2D eigenvalue weighted by molar-refractivity contribution is -0.144. The molecule has 0 saturated carbocycles. The summed E-state index contributed by atoms with van der Waals surface area (Å²) in [7, 11) is 0. The molecular weight excluding hydrogens is 626 g/mol. The first-order chi connectivity index (χ1) is 21.0. The third-order valence-electron chi connectivity index (χ3n) is 5.59. The van der Waals surface area contributed by atoms with Gasteiger partial charge in [0.25, 0.3) is 0 Å². The van der Waals surface area contributed by atoms with Crippen molar-refractivity contribution in [2.45, 2.75) is 95.4 Å². The molecule has 5 unspecified atom stereocenters. The quantitative estimate of drug-likeness (QED) is 0.0866. The molecular formula is C25H47N5O16. The minimum Gasteiger partial charge on any atom is -0.481 e. The summed E-state index contributed by atoms with van der Waals surface area (Å²) in [5.74, 6) is -8.45. The van der Waals surface area contributed by atoms with Crippen molar-refractivity contribution in [2.24, 2.45) is 28.9 Å². The van der Waals surface area contributed by atoms with Crippen LogP contribution in [-0.4, -0.2) is 125 Å². The molecule has 0 bridgehead atoms. The first-order valence-corrected chi connectivity index (χ1v) is 13.6. The third-order valence-corrected chi connectivity index (χ3v) is 5.59. The average molecular weight is 674 g/mol. The van der Waals surface area contributed by atoms with E-state index < -0.39 is 78.3 Å². The van der Waals surface area contributed by atoms with Crippen LogP contribution in [0.4, 0.5) is 0 Å². The maximum Gasteiger partial charge on any atom is 0.321 e. The lowest BCUT2D eigenvalue weighted by Gasteiger charge is -2.11. The molecule has 1 rings (SSSR count). The van der Waals surface area contributed by atoms with E-state index in [0.29, 0.717) is 0 Å². The Morgan fingerprint density at radius 1 is 0.652 bits per heavy atom. The standard InChI is InChI=1S/C6H13NO2.2C5H9NO4.C5H9NO2.C4H7NO4/c1-3-4(2)5(7)6(8)9;2*6-3(5(9)10)1-2-4(7)8;7-5(8)4-2-1-3-6-4;5-2(4(8)9)1-3(6)7/h4-5H,3,7H2,1-2H3,(H,8,9);2*3H,1-2,6H2,(H,7,8)(H,9,10);4,6H,1-3H2,(H,7,8);2H,1,5H2,(H,6,7)(H,8,9)/t;;;4-;/m...0./s1. The van der Waals surface area contributed by atoms with E-state index in [1.165, 1.54) is 0 Å². The van der Waals surface area contributed by atoms with Gasteiger partial charge in [0.1, 0.15) is 30.2 Å². The van der Waals surface area contributed by atoms with E-state index in [1.54, 1.807) is 0 Å². The van der Waals surface area contributed by atoms with Crippen LogP contribution in [0.15, 0.2) is 0 Å². The van der Waals surface area contributed by atoms with Gasteiger partial charge in [-0.1, -0.05) is 20.3 Å². The van der Waals surface area contributed by atoms with Gasteiger partial charge in [-0.05, 0) is 38.1 Å². The minimum atomic E-state index is -1.29. The lowest BCUT2D eigenvalue weighted by atomic mass is 10.0. The van der Waals surface area contributed by atoms with Crippen LogP contribution in [0.3, 0.4) is 0 Å². The van der Waals surface area contributed by atoms with Crippen molar-refractivity contribution in [2.75, 3.05) is 6.54 Å². The molecule has 0 aromatic rings.